The Bertz CT molecular complexity index is 358. The molecule has 1 atom stereocenters. The molecule has 2 nitrogen and oxygen atoms in total. The third kappa shape index (κ3) is 5.57. The zero-order valence-electron chi connectivity index (χ0n) is 11.0. The second kappa shape index (κ2) is 8.76. The minimum Gasteiger partial charge on any atom is -0.383 e. The molecule has 1 rings (SSSR count). The fourth-order valence-corrected chi connectivity index (χ4v) is 2.15. The molecule has 0 aliphatic carbocycles. The fraction of sp³-hybridized carbons (Fsp3) is 0.571. The largest absolute Gasteiger partial charge is 0.383 e. The van der Waals surface area contributed by atoms with E-state index >= 15 is 0 Å². The first-order valence-electron chi connectivity index (χ1n) is 6.33. The lowest BCUT2D eigenvalue weighted by Crippen LogP contribution is -2.34. The molecule has 102 valence electrons. The van der Waals surface area contributed by atoms with Gasteiger partial charge in [0.25, 0.3) is 0 Å². The molecule has 0 aliphatic heterocycles. The van der Waals surface area contributed by atoms with Gasteiger partial charge in [-0.2, -0.15) is 0 Å². The highest BCUT2D eigenvalue weighted by molar-refractivity contribution is 6.42. The van der Waals surface area contributed by atoms with Gasteiger partial charge >= 0.3 is 0 Å². The second-order valence-electron chi connectivity index (χ2n) is 4.39. The maximum Gasteiger partial charge on any atom is 0.0615 e. The van der Waals surface area contributed by atoms with Crippen molar-refractivity contribution in [1.82, 2.24) is 5.32 Å². The van der Waals surface area contributed by atoms with Crippen molar-refractivity contribution in [2.45, 2.75) is 32.2 Å². The number of halogens is 2. The molecular weight excluding hydrogens is 269 g/mol. The second-order valence-corrected chi connectivity index (χ2v) is 5.21. The normalized spacial score (nSPS) is 12.7. The summed E-state index contributed by atoms with van der Waals surface area (Å²) in [6.45, 7) is 3.92. The van der Waals surface area contributed by atoms with Gasteiger partial charge in [0, 0.05) is 13.2 Å². The molecule has 1 aromatic rings. The standard InChI is InChI=1S/C14H21Cl2NO/c1-3-8-17-12(10-18-2)6-4-11-5-7-13(15)14(16)9-11/h5,7,9,12,17H,3-4,6,8,10H2,1-2H3. The maximum atomic E-state index is 6.00. The number of aryl methyl sites for hydroxylation is 1. The van der Waals surface area contributed by atoms with Gasteiger partial charge in [-0.05, 0) is 43.5 Å². The van der Waals surface area contributed by atoms with Crippen LogP contribution in [0.3, 0.4) is 0 Å². The van der Waals surface area contributed by atoms with Crippen LogP contribution in [0, 0.1) is 0 Å². The molecule has 0 heterocycles. The summed E-state index contributed by atoms with van der Waals surface area (Å²) < 4.78 is 5.22. The van der Waals surface area contributed by atoms with E-state index in [1.807, 2.05) is 18.2 Å². The predicted molar refractivity (Wildman–Crippen MR) is 78.7 cm³/mol. The third-order valence-electron chi connectivity index (χ3n) is 2.82. The van der Waals surface area contributed by atoms with Crippen LogP contribution < -0.4 is 5.32 Å². The summed E-state index contributed by atoms with van der Waals surface area (Å²) in [5.41, 5.74) is 1.21. The Kier molecular flexibility index (Phi) is 7.68. The van der Waals surface area contributed by atoms with E-state index in [9.17, 15) is 0 Å². The van der Waals surface area contributed by atoms with Crippen LogP contribution in [0.25, 0.3) is 0 Å². The van der Waals surface area contributed by atoms with Gasteiger partial charge in [0.2, 0.25) is 0 Å². The number of benzene rings is 1. The Morgan fingerprint density at radius 2 is 2.06 bits per heavy atom. The monoisotopic (exact) mass is 289 g/mol. The highest BCUT2D eigenvalue weighted by Crippen LogP contribution is 2.23. The van der Waals surface area contributed by atoms with E-state index in [0.29, 0.717) is 16.1 Å². The van der Waals surface area contributed by atoms with E-state index in [2.05, 4.69) is 12.2 Å². The van der Waals surface area contributed by atoms with Gasteiger partial charge in [0.15, 0.2) is 0 Å². The van der Waals surface area contributed by atoms with Crippen molar-refractivity contribution in [1.29, 1.82) is 0 Å². The van der Waals surface area contributed by atoms with Gasteiger partial charge in [-0.1, -0.05) is 36.2 Å². The third-order valence-corrected chi connectivity index (χ3v) is 3.56. The van der Waals surface area contributed by atoms with Crippen molar-refractivity contribution in [2.75, 3.05) is 20.3 Å². The summed E-state index contributed by atoms with van der Waals surface area (Å²) in [6, 6.07) is 6.21. The SMILES string of the molecule is CCCNC(CCc1ccc(Cl)c(Cl)c1)COC. The molecule has 0 spiro atoms. The molecule has 1 aromatic carbocycles. The summed E-state index contributed by atoms with van der Waals surface area (Å²) in [6.07, 6.45) is 3.14. The van der Waals surface area contributed by atoms with Crippen molar-refractivity contribution in [3.8, 4) is 0 Å². The Hall–Kier alpha value is -0.280. The van der Waals surface area contributed by atoms with E-state index in [1.165, 1.54) is 5.56 Å². The van der Waals surface area contributed by atoms with Crippen LogP contribution in [-0.2, 0) is 11.2 Å². The number of hydrogen-bond acceptors (Lipinski definition) is 2. The van der Waals surface area contributed by atoms with Gasteiger partial charge in [0.1, 0.15) is 0 Å². The molecular formula is C14H21Cl2NO. The highest BCUT2D eigenvalue weighted by atomic mass is 35.5. The molecule has 4 heteroatoms. The average molecular weight is 290 g/mol. The van der Waals surface area contributed by atoms with E-state index in [-0.39, 0.29) is 0 Å². The topological polar surface area (TPSA) is 21.3 Å². The van der Waals surface area contributed by atoms with Crippen molar-refractivity contribution < 1.29 is 4.74 Å². The van der Waals surface area contributed by atoms with E-state index in [0.717, 1.165) is 32.4 Å². The number of hydrogen-bond donors (Lipinski definition) is 1. The Morgan fingerprint density at radius 3 is 2.67 bits per heavy atom. The smallest absolute Gasteiger partial charge is 0.0615 e. The summed E-state index contributed by atoms with van der Waals surface area (Å²) >= 11 is 11.9. The number of ether oxygens (including phenoxy) is 1. The zero-order chi connectivity index (χ0) is 13.4. The minimum atomic E-state index is 0.393. The highest BCUT2D eigenvalue weighted by Gasteiger charge is 2.08. The van der Waals surface area contributed by atoms with Crippen molar-refractivity contribution in [3.05, 3.63) is 33.8 Å². The molecule has 0 saturated carbocycles. The lowest BCUT2D eigenvalue weighted by Gasteiger charge is -2.17. The van der Waals surface area contributed by atoms with Crippen LogP contribution in [0.15, 0.2) is 18.2 Å². The summed E-state index contributed by atoms with van der Waals surface area (Å²) in [4.78, 5) is 0. The van der Waals surface area contributed by atoms with Crippen molar-refractivity contribution in [2.24, 2.45) is 0 Å². The first-order valence-corrected chi connectivity index (χ1v) is 7.09. The maximum absolute atomic E-state index is 6.00. The average Bonchev–Trinajstić information content (AvgIpc) is 2.37. The molecule has 0 fully saturated rings. The first kappa shape index (κ1) is 15.8. The molecule has 1 N–H and O–H groups in total. The fourth-order valence-electron chi connectivity index (χ4n) is 1.83. The van der Waals surface area contributed by atoms with Gasteiger partial charge in [0.05, 0.1) is 16.7 Å². The van der Waals surface area contributed by atoms with Crippen molar-refractivity contribution >= 4 is 23.2 Å². The van der Waals surface area contributed by atoms with E-state index < -0.39 is 0 Å². The number of rotatable bonds is 8. The van der Waals surface area contributed by atoms with Gasteiger partial charge in [-0.25, -0.2) is 0 Å². The molecule has 0 radical (unpaired) electrons. The minimum absolute atomic E-state index is 0.393. The van der Waals surface area contributed by atoms with E-state index in [4.69, 9.17) is 27.9 Å². The quantitative estimate of drug-likeness (QED) is 0.783. The van der Waals surface area contributed by atoms with Crippen LogP contribution in [0.4, 0.5) is 0 Å². The molecule has 0 amide bonds. The van der Waals surface area contributed by atoms with Gasteiger partial charge in [-0.15, -0.1) is 0 Å². The number of methoxy groups -OCH3 is 1. The van der Waals surface area contributed by atoms with E-state index in [1.54, 1.807) is 7.11 Å². The molecule has 0 aliphatic rings. The summed E-state index contributed by atoms with van der Waals surface area (Å²) in [5, 5.41) is 4.72. The molecule has 0 bridgehead atoms. The Morgan fingerprint density at radius 1 is 1.28 bits per heavy atom. The van der Waals surface area contributed by atoms with Crippen LogP contribution in [0.5, 0.6) is 0 Å². The van der Waals surface area contributed by atoms with Crippen LogP contribution in [0.2, 0.25) is 10.0 Å². The van der Waals surface area contributed by atoms with Gasteiger partial charge < -0.3 is 10.1 Å². The number of nitrogens with one attached hydrogen (secondary N) is 1. The molecule has 0 saturated heterocycles. The van der Waals surface area contributed by atoms with Crippen molar-refractivity contribution in [3.63, 3.8) is 0 Å². The summed E-state index contributed by atoms with van der Waals surface area (Å²) in [7, 11) is 1.74. The Labute approximate surface area is 120 Å². The first-order chi connectivity index (χ1) is 8.67. The lowest BCUT2D eigenvalue weighted by atomic mass is 10.1. The zero-order valence-corrected chi connectivity index (χ0v) is 12.5. The molecule has 18 heavy (non-hydrogen) atoms. The molecule has 0 aromatic heterocycles. The Balaban J connectivity index is 2.47. The summed E-state index contributed by atoms with van der Waals surface area (Å²) in [5.74, 6) is 0. The predicted octanol–water partition coefficient (Wildman–Crippen LogP) is 3.94. The van der Waals surface area contributed by atoms with Gasteiger partial charge in [-0.3, -0.25) is 0 Å². The molecule has 1 unspecified atom stereocenters. The lowest BCUT2D eigenvalue weighted by molar-refractivity contribution is 0.162. The van der Waals surface area contributed by atoms with Crippen LogP contribution >= 0.6 is 23.2 Å². The van der Waals surface area contributed by atoms with Crippen LogP contribution in [-0.4, -0.2) is 26.3 Å². The van der Waals surface area contributed by atoms with Crippen LogP contribution in [0.1, 0.15) is 25.3 Å².